The van der Waals surface area contributed by atoms with Crippen molar-refractivity contribution >= 4 is 11.5 Å². The molecule has 1 unspecified atom stereocenters. The van der Waals surface area contributed by atoms with E-state index < -0.39 is 6.98 Å². The van der Waals surface area contributed by atoms with E-state index in [1.54, 1.807) is 12.3 Å². The lowest BCUT2D eigenvalue weighted by atomic mass is 10.1. The number of fused-ring (bicyclic) bond motifs is 1. The Morgan fingerprint density at radius 1 is 1.47 bits per heavy atom. The Bertz CT molecular complexity index is 410. The maximum atomic E-state index is 7.69. The van der Waals surface area contributed by atoms with E-state index in [1.165, 1.54) is 4.90 Å². The van der Waals surface area contributed by atoms with Crippen LogP contribution in [0.4, 0.5) is 11.5 Å². The van der Waals surface area contributed by atoms with Crippen LogP contribution in [0.1, 0.15) is 31.8 Å². The molecule has 0 amide bonds. The fourth-order valence-electron chi connectivity index (χ4n) is 2.13. The summed E-state index contributed by atoms with van der Waals surface area (Å²) in [6, 6.07) is 3.59. The zero-order chi connectivity index (χ0) is 13.7. The van der Waals surface area contributed by atoms with Gasteiger partial charge in [0.1, 0.15) is 6.17 Å². The van der Waals surface area contributed by atoms with Gasteiger partial charge in [-0.2, -0.15) is 0 Å². The molecule has 1 atom stereocenters. The molecular weight excluding hydrogens is 186 g/mol. The Labute approximate surface area is 95.9 Å². The van der Waals surface area contributed by atoms with Crippen LogP contribution in [0.3, 0.4) is 0 Å². The van der Waals surface area contributed by atoms with Crippen LogP contribution in [-0.2, 0) is 0 Å². The molecule has 0 radical (unpaired) electrons. The van der Waals surface area contributed by atoms with Gasteiger partial charge in [0.05, 0.1) is 5.69 Å². The molecule has 1 aromatic rings. The lowest BCUT2D eigenvalue weighted by molar-refractivity contribution is 0.460. The van der Waals surface area contributed by atoms with E-state index in [-0.39, 0.29) is 11.7 Å². The lowest BCUT2D eigenvalue weighted by Gasteiger charge is -2.38. The standard InChI is InChI=1S/C12H19N3/c1-9-14(5)10-7-6-8-13-11(10)15(9)12(2,3)4/h6-9H,1-5H3/i5D3. The van der Waals surface area contributed by atoms with Gasteiger partial charge in [0, 0.05) is 22.8 Å². The molecule has 0 spiro atoms. The monoisotopic (exact) mass is 208 g/mol. The van der Waals surface area contributed by atoms with Gasteiger partial charge in [-0.05, 0) is 39.8 Å². The molecule has 1 aliphatic heterocycles. The zero-order valence-corrected chi connectivity index (χ0v) is 9.65. The van der Waals surface area contributed by atoms with Crippen molar-refractivity contribution < 1.29 is 4.11 Å². The largest absolute Gasteiger partial charge is 0.351 e. The SMILES string of the molecule is [2H]C([2H])([2H])N1c2cccnc2N(C(C)(C)C)C1C. The first-order chi connectivity index (χ1) is 8.14. The molecule has 0 aromatic carbocycles. The molecule has 3 heteroatoms. The Hall–Kier alpha value is -1.25. The van der Waals surface area contributed by atoms with E-state index in [0.717, 1.165) is 5.82 Å². The van der Waals surface area contributed by atoms with Gasteiger partial charge >= 0.3 is 0 Å². The van der Waals surface area contributed by atoms with Crippen LogP contribution < -0.4 is 9.80 Å². The Balaban J connectivity index is 2.57. The van der Waals surface area contributed by atoms with Crippen molar-refractivity contribution in [2.75, 3.05) is 16.8 Å². The first-order valence-electron chi connectivity index (χ1n) is 6.68. The second kappa shape index (κ2) is 3.12. The summed E-state index contributed by atoms with van der Waals surface area (Å²) in [7, 11) is 0. The number of hydrogen-bond donors (Lipinski definition) is 0. The van der Waals surface area contributed by atoms with E-state index in [0.29, 0.717) is 5.69 Å². The highest BCUT2D eigenvalue weighted by molar-refractivity contribution is 5.74. The van der Waals surface area contributed by atoms with E-state index in [1.807, 2.05) is 13.0 Å². The van der Waals surface area contributed by atoms with Gasteiger partial charge in [-0.3, -0.25) is 0 Å². The molecule has 3 nitrogen and oxygen atoms in total. The molecule has 1 aliphatic rings. The summed E-state index contributed by atoms with van der Waals surface area (Å²) in [6.45, 7) is 5.93. The van der Waals surface area contributed by atoms with Crippen LogP contribution in [-0.4, -0.2) is 23.7 Å². The summed E-state index contributed by atoms with van der Waals surface area (Å²) in [6.07, 6.45) is 1.47. The third-order valence-corrected chi connectivity index (χ3v) is 2.72. The highest BCUT2D eigenvalue weighted by Gasteiger charge is 2.37. The lowest BCUT2D eigenvalue weighted by Crippen LogP contribution is -2.49. The maximum Gasteiger partial charge on any atom is 0.154 e. The van der Waals surface area contributed by atoms with Gasteiger partial charge in [-0.25, -0.2) is 4.98 Å². The minimum absolute atomic E-state index is 0.178. The molecule has 0 saturated carbocycles. The van der Waals surface area contributed by atoms with Crippen molar-refractivity contribution in [3.8, 4) is 0 Å². The van der Waals surface area contributed by atoms with Crippen molar-refractivity contribution in [3.05, 3.63) is 18.3 Å². The Morgan fingerprint density at radius 2 is 2.20 bits per heavy atom. The second-order valence-corrected chi connectivity index (χ2v) is 4.89. The molecular formula is C12H19N3. The van der Waals surface area contributed by atoms with E-state index in [9.17, 15) is 0 Å². The highest BCUT2D eigenvalue weighted by Crippen LogP contribution is 2.40. The number of rotatable bonds is 0. The third-order valence-electron chi connectivity index (χ3n) is 2.72. The molecule has 2 heterocycles. The summed E-state index contributed by atoms with van der Waals surface area (Å²) in [4.78, 5) is 7.86. The molecule has 0 bridgehead atoms. The first-order valence-corrected chi connectivity index (χ1v) is 5.18. The summed E-state index contributed by atoms with van der Waals surface area (Å²) in [5.74, 6) is 0.744. The van der Waals surface area contributed by atoms with Crippen LogP contribution in [0.2, 0.25) is 0 Å². The molecule has 15 heavy (non-hydrogen) atoms. The predicted octanol–water partition coefficient (Wildman–Crippen LogP) is 2.48. The van der Waals surface area contributed by atoms with Crippen molar-refractivity contribution in [1.29, 1.82) is 0 Å². The van der Waals surface area contributed by atoms with Gasteiger partial charge in [-0.15, -0.1) is 0 Å². The van der Waals surface area contributed by atoms with E-state index >= 15 is 0 Å². The number of anilines is 2. The van der Waals surface area contributed by atoms with Gasteiger partial charge in [-0.1, -0.05) is 0 Å². The summed E-state index contributed by atoms with van der Waals surface area (Å²) < 4.78 is 23.1. The summed E-state index contributed by atoms with van der Waals surface area (Å²) in [5.41, 5.74) is 0.502. The topological polar surface area (TPSA) is 19.4 Å². The molecule has 1 aromatic heterocycles. The van der Waals surface area contributed by atoms with Crippen LogP contribution in [0, 0.1) is 0 Å². The fourth-order valence-corrected chi connectivity index (χ4v) is 2.13. The third kappa shape index (κ3) is 1.46. The second-order valence-electron chi connectivity index (χ2n) is 4.89. The van der Waals surface area contributed by atoms with Crippen molar-refractivity contribution in [3.63, 3.8) is 0 Å². The zero-order valence-electron chi connectivity index (χ0n) is 12.7. The average Bonchev–Trinajstić information content (AvgIpc) is 2.47. The molecule has 0 aliphatic carbocycles. The van der Waals surface area contributed by atoms with Crippen molar-refractivity contribution in [2.24, 2.45) is 0 Å². The van der Waals surface area contributed by atoms with Crippen molar-refractivity contribution in [1.82, 2.24) is 4.98 Å². The normalized spacial score (nSPS) is 24.5. The van der Waals surface area contributed by atoms with Crippen LogP contribution in [0.5, 0.6) is 0 Å². The fraction of sp³-hybridized carbons (Fsp3) is 0.583. The number of nitrogens with zero attached hydrogens (tertiary/aromatic N) is 3. The molecule has 2 rings (SSSR count). The highest BCUT2D eigenvalue weighted by atomic mass is 15.4. The Kier molecular flexibility index (Phi) is 1.48. The maximum absolute atomic E-state index is 7.69. The van der Waals surface area contributed by atoms with Crippen LogP contribution >= 0.6 is 0 Å². The van der Waals surface area contributed by atoms with Crippen LogP contribution in [0.15, 0.2) is 18.3 Å². The summed E-state index contributed by atoms with van der Waals surface area (Å²) >= 11 is 0. The minimum Gasteiger partial charge on any atom is -0.351 e. The van der Waals surface area contributed by atoms with Gasteiger partial charge < -0.3 is 9.80 Å². The van der Waals surface area contributed by atoms with Crippen molar-refractivity contribution in [2.45, 2.75) is 39.4 Å². The molecule has 0 N–H and O–H groups in total. The van der Waals surface area contributed by atoms with Gasteiger partial charge in [0.2, 0.25) is 0 Å². The number of pyridine rings is 1. The molecule has 0 fully saturated rings. The Morgan fingerprint density at radius 3 is 2.80 bits per heavy atom. The number of hydrogen-bond acceptors (Lipinski definition) is 3. The van der Waals surface area contributed by atoms with Gasteiger partial charge in [0.25, 0.3) is 0 Å². The smallest absolute Gasteiger partial charge is 0.154 e. The first kappa shape index (κ1) is 7.09. The van der Waals surface area contributed by atoms with Gasteiger partial charge in [0.15, 0.2) is 5.82 Å². The number of aromatic nitrogens is 1. The summed E-state index contributed by atoms with van der Waals surface area (Å²) in [5, 5.41) is 0. The molecule has 0 saturated heterocycles. The molecule has 82 valence electrons. The predicted molar refractivity (Wildman–Crippen MR) is 64.3 cm³/mol. The van der Waals surface area contributed by atoms with E-state index in [2.05, 4.69) is 30.7 Å². The van der Waals surface area contributed by atoms with Crippen LogP contribution in [0.25, 0.3) is 0 Å². The van der Waals surface area contributed by atoms with E-state index in [4.69, 9.17) is 4.11 Å². The minimum atomic E-state index is -2.16. The average molecular weight is 208 g/mol. The quantitative estimate of drug-likeness (QED) is 0.653.